The standard InChI is InChI=1S/C16H15FO4/c1-20-6-7-21-15-5-3-2-4-14(15)11-8-12(16(18)19)10-13(17)9-11/h2-5,8-10H,6-7H2,1H3,(H,18,19). The molecule has 0 aliphatic heterocycles. The van der Waals surface area contributed by atoms with Gasteiger partial charge in [-0.15, -0.1) is 0 Å². The van der Waals surface area contributed by atoms with Crippen LogP contribution in [-0.4, -0.2) is 31.4 Å². The molecule has 0 radical (unpaired) electrons. The molecule has 0 atom stereocenters. The molecular formula is C16H15FO4. The first-order valence-corrected chi connectivity index (χ1v) is 6.37. The van der Waals surface area contributed by atoms with Crippen molar-refractivity contribution in [1.29, 1.82) is 0 Å². The Hall–Kier alpha value is -2.40. The summed E-state index contributed by atoms with van der Waals surface area (Å²) in [6.07, 6.45) is 0. The van der Waals surface area contributed by atoms with Crippen molar-refractivity contribution in [2.24, 2.45) is 0 Å². The minimum Gasteiger partial charge on any atom is -0.491 e. The largest absolute Gasteiger partial charge is 0.491 e. The van der Waals surface area contributed by atoms with E-state index in [9.17, 15) is 9.18 Å². The third-order valence-electron chi connectivity index (χ3n) is 2.89. The van der Waals surface area contributed by atoms with E-state index in [4.69, 9.17) is 14.6 Å². The fraction of sp³-hybridized carbons (Fsp3) is 0.188. The second-order valence-corrected chi connectivity index (χ2v) is 4.37. The van der Waals surface area contributed by atoms with Crippen LogP contribution >= 0.6 is 0 Å². The molecule has 0 heterocycles. The number of ether oxygens (including phenoxy) is 2. The summed E-state index contributed by atoms with van der Waals surface area (Å²) < 4.78 is 24.1. The van der Waals surface area contributed by atoms with E-state index in [1.807, 2.05) is 0 Å². The normalized spacial score (nSPS) is 10.4. The first-order chi connectivity index (χ1) is 10.1. The molecule has 0 bridgehead atoms. The molecule has 4 nitrogen and oxygen atoms in total. The number of carboxylic acid groups (broad SMARTS) is 1. The van der Waals surface area contributed by atoms with Crippen molar-refractivity contribution in [3.8, 4) is 16.9 Å². The summed E-state index contributed by atoms with van der Waals surface area (Å²) in [5, 5.41) is 9.01. The second-order valence-electron chi connectivity index (χ2n) is 4.37. The molecule has 0 aliphatic rings. The number of methoxy groups -OCH3 is 1. The van der Waals surface area contributed by atoms with Gasteiger partial charge in [0.25, 0.3) is 0 Å². The SMILES string of the molecule is COCCOc1ccccc1-c1cc(F)cc(C(=O)O)c1. The van der Waals surface area contributed by atoms with Gasteiger partial charge in [-0.2, -0.15) is 0 Å². The quantitative estimate of drug-likeness (QED) is 0.830. The molecule has 1 N–H and O–H groups in total. The molecule has 0 aliphatic carbocycles. The highest BCUT2D eigenvalue weighted by molar-refractivity contribution is 5.89. The Morgan fingerprint density at radius 2 is 1.95 bits per heavy atom. The van der Waals surface area contributed by atoms with E-state index in [1.54, 1.807) is 31.4 Å². The smallest absolute Gasteiger partial charge is 0.335 e. The number of carboxylic acids is 1. The average molecular weight is 290 g/mol. The van der Waals surface area contributed by atoms with Crippen LogP contribution in [0, 0.1) is 5.82 Å². The highest BCUT2D eigenvalue weighted by atomic mass is 19.1. The van der Waals surface area contributed by atoms with E-state index in [2.05, 4.69) is 0 Å². The highest BCUT2D eigenvalue weighted by Crippen LogP contribution is 2.31. The van der Waals surface area contributed by atoms with E-state index in [-0.39, 0.29) is 5.56 Å². The summed E-state index contributed by atoms with van der Waals surface area (Å²) in [6, 6.07) is 10.8. The van der Waals surface area contributed by atoms with Gasteiger partial charge in [-0.05, 0) is 29.8 Å². The Bertz CT molecular complexity index is 640. The Morgan fingerprint density at radius 3 is 2.67 bits per heavy atom. The molecule has 110 valence electrons. The van der Waals surface area contributed by atoms with Gasteiger partial charge in [-0.1, -0.05) is 18.2 Å². The lowest BCUT2D eigenvalue weighted by atomic mass is 10.0. The van der Waals surface area contributed by atoms with Gasteiger partial charge in [0.05, 0.1) is 12.2 Å². The molecule has 2 aromatic rings. The van der Waals surface area contributed by atoms with Crippen LogP contribution in [-0.2, 0) is 4.74 Å². The fourth-order valence-corrected chi connectivity index (χ4v) is 1.93. The van der Waals surface area contributed by atoms with Crippen molar-refractivity contribution >= 4 is 5.97 Å². The number of hydrogen-bond donors (Lipinski definition) is 1. The van der Waals surface area contributed by atoms with Crippen LogP contribution < -0.4 is 4.74 Å². The third kappa shape index (κ3) is 3.79. The molecule has 2 rings (SSSR count). The molecule has 0 fully saturated rings. The average Bonchev–Trinajstić information content (AvgIpc) is 2.47. The molecule has 0 unspecified atom stereocenters. The zero-order valence-corrected chi connectivity index (χ0v) is 11.5. The predicted molar refractivity (Wildman–Crippen MR) is 76.2 cm³/mol. The van der Waals surface area contributed by atoms with E-state index in [1.165, 1.54) is 12.1 Å². The van der Waals surface area contributed by atoms with Crippen molar-refractivity contribution in [1.82, 2.24) is 0 Å². The van der Waals surface area contributed by atoms with E-state index in [0.29, 0.717) is 30.1 Å². The van der Waals surface area contributed by atoms with E-state index in [0.717, 1.165) is 6.07 Å². The Labute approximate surface area is 121 Å². The lowest BCUT2D eigenvalue weighted by Gasteiger charge is -2.12. The Kier molecular flexibility index (Phi) is 4.90. The summed E-state index contributed by atoms with van der Waals surface area (Å²) in [7, 11) is 1.57. The first-order valence-electron chi connectivity index (χ1n) is 6.37. The van der Waals surface area contributed by atoms with Crippen molar-refractivity contribution in [3.05, 3.63) is 53.8 Å². The summed E-state index contributed by atoms with van der Waals surface area (Å²) in [6.45, 7) is 0.784. The molecule has 0 aromatic heterocycles. The predicted octanol–water partition coefficient (Wildman–Crippen LogP) is 3.22. The second kappa shape index (κ2) is 6.85. The maximum absolute atomic E-state index is 13.6. The number of carbonyl (C=O) groups is 1. The van der Waals surface area contributed by atoms with Crippen molar-refractivity contribution in [3.63, 3.8) is 0 Å². The van der Waals surface area contributed by atoms with Gasteiger partial charge in [0.15, 0.2) is 0 Å². The van der Waals surface area contributed by atoms with E-state index >= 15 is 0 Å². The molecule has 0 spiro atoms. The number of rotatable bonds is 6. The maximum atomic E-state index is 13.6. The lowest BCUT2D eigenvalue weighted by molar-refractivity contribution is 0.0696. The first kappa shape index (κ1) is 15.0. The summed E-state index contributed by atoms with van der Waals surface area (Å²) >= 11 is 0. The van der Waals surface area contributed by atoms with Crippen LogP contribution in [0.2, 0.25) is 0 Å². The number of benzene rings is 2. The minimum absolute atomic E-state index is 0.100. The van der Waals surface area contributed by atoms with Gasteiger partial charge in [0, 0.05) is 12.7 Å². The molecule has 5 heteroatoms. The van der Waals surface area contributed by atoms with Crippen LogP contribution in [0.15, 0.2) is 42.5 Å². The van der Waals surface area contributed by atoms with Gasteiger partial charge >= 0.3 is 5.97 Å². The van der Waals surface area contributed by atoms with Crippen molar-refractivity contribution in [2.75, 3.05) is 20.3 Å². The van der Waals surface area contributed by atoms with Crippen LogP contribution in [0.4, 0.5) is 4.39 Å². The van der Waals surface area contributed by atoms with Crippen molar-refractivity contribution < 1.29 is 23.8 Å². The number of aromatic carboxylic acids is 1. The van der Waals surface area contributed by atoms with Gasteiger partial charge in [0.2, 0.25) is 0 Å². The third-order valence-corrected chi connectivity index (χ3v) is 2.89. The fourth-order valence-electron chi connectivity index (χ4n) is 1.93. The minimum atomic E-state index is -1.17. The Morgan fingerprint density at radius 1 is 1.19 bits per heavy atom. The summed E-state index contributed by atoms with van der Waals surface area (Å²) in [4.78, 5) is 11.0. The lowest BCUT2D eigenvalue weighted by Crippen LogP contribution is -2.05. The van der Waals surface area contributed by atoms with Crippen LogP contribution in [0.5, 0.6) is 5.75 Å². The number of para-hydroxylation sites is 1. The molecule has 2 aromatic carbocycles. The number of halogens is 1. The Balaban J connectivity index is 2.39. The monoisotopic (exact) mass is 290 g/mol. The summed E-state index contributed by atoms with van der Waals surface area (Å²) in [5.74, 6) is -1.22. The molecule has 0 saturated heterocycles. The zero-order valence-electron chi connectivity index (χ0n) is 11.5. The van der Waals surface area contributed by atoms with E-state index < -0.39 is 11.8 Å². The topological polar surface area (TPSA) is 55.8 Å². The molecule has 21 heavy (non-hydrogen) atoms. The summed E-state index contributed by atoms with van der Waals surface area (Å²) in [5.41, 5.74) is 0.993. The molecular weight excluding hydrogens is 275 g/mol. The van der Waals surface area contributed by atoms with Gasteiger partial charge in [-0.3, -0.25) is 0 Å². The maximum Gasteiger partial charge on any atom is 0.335 e. The van der Waals surface area contributed by atoms with Gasteiger partial charge < -0.3 is 14.6 Å². The number of hydrogen-bond acceptors (Lipinski definition) is 3. The highest BCUT2D eigenvalue weighted by Gasteiger charge is 2.11. The van der Waals surface area contributed by atoms with Crippen LogP contribution in [0.1, 0.15) is 10.4 Å². The van der Waals surface area contributed by atoms with Crippen LogP contribution in [0.3, 0.4) is 0 Å². The van der Waals surface area contributed by atoms with Gasteiger partial charge in [0.1, 0.15) is 18.2 Å². The van der Waals surface area contributed by atoms with Crippen LogP contribution in [0.25, 0.3) is 11.1 Å². The van der Waals surface area contributed by atoms with Crippen molar-refractivity contribution in [2.45, 2.75) is 0 Å². The molecule has 0 saturated carbocycles. The molecule has 0 amide bonds. The van der Waals surface area contributed by atoms with Gasteiger partial charge in [-0.25, -0.2) is 9.18 Å². The zero-order chi connectivity index (χ0) is 15.2.